The Morgan fingerprint density at radius 1 is 1.11 bits per heavy atom. The van der Waals surface area contributed by atoms with Crippen LogP contribution in [0.2, 0.25) is 0 Å². The maximum Gasteiger partial charge on any atom is 0.192 e. The van der Waals surface area contributed by atoms with E-state index in [1.807, 2.05) is 28.8 Å². The molecule has 0 saturated heterocycles. The van der Waals surface area contributed by atoms with Gasteiger partial charge in [0.15, 0.2) is 11.0 Å². The molecule has 6 heteroatoms. The van der Waals surface area contributed by atoms with Crippen molar-refractivity contribution in [1.82, 2.24) is 14.8 Å². The van der Waals surface area contributed by atoms with E-state index >= 15 is 0 Å². The second kappa shape index (κ2) is 8.74. The number of thioether (sulfide) groups is 1. The zero-order valence-electron chi connectivity index (χ0n) is 15.7. The van der Waals surface area contributed by atoms with Crippen molar-refractivity contribution in [2.24, 2.45) is 0 Å². The predicted octanol–water partition coefficient (Wildman–Crippen LogP) is 4.51. The molecule has 0 fully saturated rings. The number of aromatic nitrogens is 3. The summed E-state index contributed by atoms with van der Waals surface area (Å²) >= 11 is 1.47. The van der Waals surface area contributed by atoms with E-state index in [9.17, 15) is 5.26 Å². The van der Waals surface area contributed by atoms with Crippen LogP contribution in [0.1, 0.15) is 18.1 Å². The molecular weight excluding hydrogens is 356 g/mol. The summed E-state index contributed by atoms with van der Waals surface area (Å²) in [5.41, 5.74) is 3.34. The summed E-state index contributed by atoms with van der Waals surface area (Å²) in [4.78, 5) is 0. The minimum absolute atomic E-state index is 0.217. The summed E-state index contributed by atoms with van der Waals surface area (Å²) < 4.78 is 7.26. The molecular formula is C21H22N4OS. The fourth-order valence-corrected chi connectivity index (χ4v) is 3.81. The molecule has 0 aliphatic heterocycles. The molecule has 0 N–H and O–H groups in total. The fourth-order valence-electron chi connectivity index (χ4n) is 2.79. The topological polar surface area (TPSA) is 63.7 Å². The lowest BCUT2D eigenvalue weighted by Crippen LogP contribution is -2.07. The van der Waals surface area contributed by atoms with E-state index in [2.05, 4.69) is 54.4 Å². The standard InChI is InChI=1S/C21H22N4OS/c1-4-25-20(17-9-11-18(26-3)12-10-17)23-24-21(25)27-19(14-22)13-16-7-5-15(2)6-8-16/h5-12,19H,4,13H2,1-3H3/t19-/m1/s1. The Morgan fingerprint density at radius 3 is 2.41 bits per heavy atom. The van der Waals surface area contributed by atoms with Crippen molar-refractivity contribution in [1.29, 1.82) is 5.26 Å². The normalized spacial score (nSPS) is 11.8. The van der Waals surface area contributed by atoms with Crippen LogP contribution in [0, 0.1) is 18.3 Å². The van der Waals surface area contributed by atoms with Crippen molar-refractivity contribution in [2.75, 3.05) is 7.11 Å². The third kappa shape index (κ3) is 4.50. The molecule has 0 bridgehead atoms. The molecule has 27 heavy (non-hydrogen) atoms. The first-order chi connectivity index (χ1) is 13.1. The summed E-state index contributed by atoms with van der Waals surface area (Å²) in [7, 11) is 1.65. The molecule has 1 atom stereocenters. The SMILES string of the molecule is CCn1c(S[C@@H](C#N)Cc2ccc(C)cc2)nnc1-c1ccc(OC)cc1. The van der Waals surface area contributed by atoms with E-state index in [4.69, 9.17) is 4.74 Å². The molecule has 1 aromatic heterocycles. The van der Waals surface area contributed by atoms with Crippen molar-refractivity contribution in [3.05, 3.63) is 59.7 Å². The smallest absolute Gasteiger partial charge is 0.192 e. The van der Waals surface area contributed by atoms with Crippen molar-refractivity contribution in [2.45, 2.75) is 37.2 Å². The minimum atomic E-state index is -0.217. The number of aryl methyl sites for hydroxylation is 1. The molecule has 0 radical (unpaired) electrons. The third-order valence-corrected chi connectivity index (χ3v) is 5.38. The molecule has 0 amide bonds. The van der Waals surface area contributed by atoms with Crippen LogP contribution in [0.15, 0.2) is 53.7 Å². The Bertz CT molecular complexity index is 926. The molecule has 2 aromatic carbocycles. The number of methoxy groups -OCH3 is 1. The maximum absolute atomic E-state index is 9.61. The summed E-state index contributed by atoms with van der Waals surface area (Å²) in [5, 5.41) is 18.9. The van der Waals surface area contributed by atoms with Gasteiger partial charge in [-0.2, -0.15) is 5.26 Å². The van der Waals surface area contributed by atoms with E-state index in [1.54, 1.807) is 7.11 Å². The average molecular weight is 379 g/mol. The van der Waals surface area contributed by atoms with E-state index in [1.165, 1.54) is 17.3 Å². The lowest BCUT2D eigenvalue weighted by Gasteiger charge is -2.11. The number of benzene rings is 2. The highest BCUT2D eigenvalue weighted by atomic mass is 32.2. The molecule has 0 unspecified atom stereocenters. The van der Waals surface area contributed by atoms with Gasteiger partial charge >= 0.3 is 0 Å². The second-order valence-electron chi connectivity index (χ2n) is 6.20. The fraction of sp³-hybridized carbons (Fsp3) is 0.286. The molecule has 0 spiro atoms. The average Bonchev–Trinajstić information content (AvgIpc) is 3.11. The largest absolute Gasteiger partial charge is 0.497 e. The molecule has 1 heterocycles. The number of hydrogen-bond donors (Lipinski definition) is 0. The van der Waals surface area contributed by atoms with E-state index < -0.39 is 0 Å². The molecule has 138 valence electrons. The van der Waals surface area contributed by atoms with Crippen LogP contribution >= 0.6 is 11.8 Å². The zero-order valence-corrected chi connectivity index (χ0v) is 16.5. The van der Waals surface area contributed by atoms with Crippen molar-refractivity contribution in [3.8, 4) is 23.2 Å². The van der Waals surface area contributed by atoms with Crippen LogP contribution in [0.5, 0.6) is 5.75 Å². The molecule has 0 aliphatic rings. The first-order valence-electron chi connectivity index (χ1n) is 8.84. The third-order valence-electron chi connectivity index (χ3n) is 4.31. The Kier molecular flexibility index (Phi) is 6.15. The summed E-state index contributed by atoms with van der Waals surface area (Å²) in [5.74, 6) is 1.60. The summed E-state index contributed by atoms with van der Waals surface area (Å²) in [6.07, 6.45) is 0.676. The molecule has 3 aromatic rings. The zero-order chi connectivity index (χ0) is 19.2. The van der Waals surface area contributed by atoms with Crippen LogP contribution < -0.4 is 4.74 Å². The van der Waals surface area contributed by atoms with Crippen molar-refractivity contribution >= 4 is 11.8 Å². The van der Waals surface area contributed by atoms with E-state index in [0.717, 1.165) is 34.4 Å². The van der Waals surface area contributed by atoms with Gasteiger partial charge in [-0.1, -0.05) is 41.6 Å². The van der Waals surface area contributed by atoms with Crippen molar-refractivity contribution < 1.29 is 4.74 Å². The minimum Gasteiger partial charge on any atom is -0.497 e. The van der Waals surface area contributed by atoms with Gasteiger partial charge in [0.05, 0.1) is 13.2 Å². The Hall–Kier alpha value is -2.78. The number of nitriles is 1. The lowest BCUT2D eigenvalue weighted by molar-refractivity contribution is 0.415. The quantitative estimate of drug-likeness (QED) is 0.566. The van der Waals surface area contributed by atoms with E-state index in [0.29, 0.717) is 6.42 Å². The predicted molar refractivity (Wildman–Crippen MR) is 108 cm³/mol. The lowest BCUT2D eigenvalue weighted by atomic mass is 10.1. The highest BCUT2D eigenvalue weighted by Crippen LogP contribution is 2.29. The first-order valence-corrected chi connectivity index (χ1v) is 9.72. The van der Waals surface area contributed by atoms with Crippen LogP contribution in [-0.4, -0.2) is 27.1 Å². The number of ether oxygens (including phenoxy) is 1. The summed E-state index contributed by atoms with van der Waals surface area (Å²) in [6, 6.07) is 18.5. The number of hydrogen-bond acceptors (Lipinski definition) is 5. The van der Waals surface area contributed by atoms with Crippen LogP contribution in [-0.2, 0) is 13.0 Å². The first kappa shape index (κ1) is 19.0. The number of rotatable bonds is 7. The van der Waals surface area contributed by atoms with Gasteiger partial charge in [0.2, 0.25) is 0 Å². The van der Waals surface area contributed by atoms with Gasteiger partial charge in [-0.15, -0.1) is 10.2 Å². The molecule has 3 rings (SSSR count). The molecule has 5 nitrogen and oxygen atoms in total. The Labute approximate surface area is 164 Å². The van der Waals surface area contributed by atoms with E-state index in [-0.39, 0.29) is 5.25 Å². The van der Waals surface area contributed by atoms with Gasteiger partial charge in [-0.3, -0.25) is 0 Å². The Balaban J connectivity index is 1.80. The van der Waals surface area contributed by atoms with Gasteiger partial charge in [0.25, 0.3) is 0 Å². The van der Waals surface area contributed by atoms with Crippen LogP contribution in [0.4, 0.5) is 0 Å². The highest BCUT2D eigenvalue weighted by Gasteiger charge is 2.18. The van der Waals surface area contributed by atoms with Gasteiger partial charge in [-0.05, 0) is 50.1 Å². The summed E-state index contributed by atoms with van der Waals surface area (Å²) in [6.45, 7) is 4.85. The Morgan fingerprint density at radius 2 is 1.81 bits per heavy atom. The molecule has 0 aliphatic carbocycles. The second-order valence-corrected chi connectivity index (χ2v) is 7.37. The van der Waals surface area contributed by atoms with Gasteiger partial charge in [0, 0.05) is 12.1 Å². The van der Waals surface area contributed by atoms with Crippen LogP contribution in [0.25, 0.3) is 11.4 Å². The monoisotopic (exact) mass is 378 g/mol. The molecule has 0 saturated carbocycles. The van der Waals surface area contributed by atoms with Crippen molar-refractivity contribution in [3.63, 3.8) is 0 Å². The van der Waals surface area contributed by atoms with Gasteiger partial charge in [0.1, 0.15) is 11.0 Å². The number of nitrogens with zero attached hydrogens (tertiary/aromatic N) is 4. The van der Waals surface area contributed by atoms with Gasteiger partial charge in [-0.25, -0.2) is 0 Å². The highest BCUT2D eigenvalue weighted by molar-refractivity contribution is 8.00. The van der Waals surface area contributed by atoms with Gasteiger partial charge < -0.3 is 9.30 Å². The maximum atomic E-state index is 9.61. The van der Waals surface area contributed by atoms with Crippen LogP contribution in [0.3, 0.4) is 0 Å².